The molecule has 5 aromatic rings. The molecule has 0 fully saturated rings. The number of aryl methyl sites for hydroxylation is 1. The molecule has 0 aliphatic heterocycles. The fraction of sp³-hybridized carbons (Fsp3) is 0.400. The molecular formula is C35H42FIN6O5S2Si. The minimum absolute atomic E-state index is 0.0688. The molecule has 0 radical (unpaired) electrons. The summed E-state index contributed by atoms with van der Waals surface area (Å²) in [6, 6.07) is 15.9. The number of para-hydroxylation sites is 1. The summed E-state index contributed by atoms with van der Waals surface area (Å²) in [5.74, 6) is 0.159. The number of ether oxygens (including phenoxy) is 4. The molecule has 0 saturated heterocycles. The van der Waals surface area contributed by atoms with E-state index in [9.17, 15) is 9.18 Å². The number of hydrogen-bond donors (Lipinski definition) is 0. The first-order chi connectivity index (χ1) is 24.4. The number of anilines is 2. The van der Waals surface area contributed by atoms with Crippen molar-refractivity contribution in [3.8, 4) is 5.75 Å². The van der Waals surface area contributed by atoms with Crippen LogP contribution in [0.4, 0.5) is 21.2 Å². The molecule has 0 bridgehead atoms. The Labute approximate surface area is 319 Å². The van der Waals surface area contributed by atoms with Crippen LogP contribution < -0.4 is 14.4 Å². The summed E-state index contributed by atoms with van der Waals surface area (Å²) in [5.41, 5.74) is 2.05. The molecule has 0 saturated carbocycles. The quantitative estimate of drug-likeness (QED) is 0.0420. The molecule has 3 aromatic heterocycles. The average molecular weight is 865 g/mol. The lowest BCUT2D eigenvalue weighted by molar-refractivity contribution is 0.0503. The van der Waals surface area contributed by atoms with Crippen LogP contribution in [-0.2, 0) is 27.4 Å². The highest BCUT2D eigenvalue weighted by Gasteiger charge is 2.25. The maximum Gasteiger partial charge on any atom is 0.358 e. The lowest BCUT2D eigenvalue weighted by Crippen LogP contribution is -2.24. The Morgan fingerprint density at radius 2 is 1.92 bits per heavy atom. The molecule has 11 nitrogen and oxygen atoms in total. The van der Waals surface area contributed by atoms with Crippen LogP contribution in [0.2, 0.25) is 25.7 Å². The Hall–Kier alpha value is -3.29. The van der Waals surface area contributed by atoms with Crippen LogP contribution >= 0.6 is 45.3 Å². The highest BCUT2D eigenvalue weighted by Crippen LogP contribution is 2.33. The minimum Gasteiger partial charge on any atom is -0.488 e. The van der Waals surface area contributed by atoms with E-state index in [4.69, 9.17) is 23.9 Å². The number of carbonyl (C=O) groups excluding carboxylic acids is 1. The lowest BCUT2D eigenvalue weighted by Gasteiger charge is -2.16. The summed E-state index contributed by atoms with van der Waals surface area (Å²) in [6.07, 6.45) is -0.192. The molecular weight excluding hydrogens is 823 g/mol. The van der Waals surface area contributed by atoms with Gasteiger partial charge in [0.1, 0.15) is 13.3 Å². The molecule has 51 heavy (non-hydrogen) atoms. The number of benzene rings is 2. The van der Waals surface area contributed by atoms with E-state index in [1.54, 1.807) is 42.4 Å². The van der Waals surface area contributed by atoms with E-state index >= 15 is 0 Å². The van der Waals surface area contributed by atoms with Crippen LogP contribution in [0.1, 0.15) is 27.9 Å². The Kier molecular flexibility index (Phi) is 13.3. The Morgan fingerprint density at radius 3 is 2.63 bits per heavy atom. The Balaban J connectivity index is 1.38. The molecule has 0 amide bonds. The van der Waals surface area contributed by atoms with Crippen molar-refractivity contribution in [2.75, 3.05) is 38.9 Å². The van der Waals surface area contributed by atoms with Crippen LogP contribution in [0.25, 0.3) is 10.2 Å². The van der Waals surface area contributed by atoms with Gasteiger partial charge in [-0.1, -0.05) is 43.1 Å². The topological polar surface area (TPSA) is 113 Å². The van der Waals surface area contributed by atoms with Gasteiger partial charge in [-0.3, -0.25) is 4.57 Å². The predicted molar refractivity (Wildman–Crippen MR) is 211 cm³/mol. The van der Waals surface area contributed by atoms with Crippen molar-refractivity contribution in [2.45, 2.75) is 58.8 Å². The van der Waals surface area contributed by atoms with E-state index in [-0.39, 0.29) is 24.7 Å². The third-order valence-corrected chi connectivity index (χ3v) is 12.4. The van der Waals surface area contributed by atoms with Crippen molar-refractivity contribution < 1.29 is 28.1 Å². The summed E-state index contributed by atoms with van der Waals surface area (Å²) in [6.45, 7) is 12.1. The standard InChI is InChI=1S/C35H42FIN6O5S2Si/c1-8-47-33(44)31-29(19-24(45-4)20-48-27-14-13-23(37)18-25(27)36)50-34(38-31)42(3)30-17-22(2)32(41-40-30)39-35-43(21-46-15-16-51(5,6)7)26-11-9-10-12-28(26)49-35/h9-14,17-18,24H,8,15-16,19-21H2,1-7H3. The molecule has 3 heterocycles. The van der Waals surface area contributed by atoms with Crippen LogP contribution in [-0.4, -0.2) is 73.9 Å². The second kappa shape index (κ2) is 17.5. The van der Waals surface area contributed by atoms with E-state index < -0.39 is 26.0 Å². The average Bonchev–Trinajstić information content (AvgIpc) is 3.67. The molecule has 272 valence electrons. The molecule has 1 unspecified atom stereocenters. The lowest BCUT2D eigenvalue weighted by atomic mass is 10.2. The number of esters is 1. The minimum atomic E-state index is -1.22. The number of hydrogen-bond acceptors (Lipinski definition) is 12. The maximum absolute atomic E-state index is 14.4. The van der Waals surface area contributed by atoms with Crippen molar-refractivity contribution in [1.29, 1.82) is 0 Å². The number of fused-ring (bicyclic) bond motifs is 1. The fourth-order valence-corrected chi connectivity index (χ4v) is 8.18. The maximum atomic E-state index is 14.4. The van der Waals surface area contributed by atoms with Gasteiger partial charge in [-0.25, -0.2) is 14.2 Å². The van der Waals surface area contributed by atoms with Gasteiger partial charge in [0.2, 0.25) is 0 Å². The SMILES string of the molecule is CCOC(=O)c1nc(N(C)c2cc(C)c(N=c3sc4ccccc4n3COCC[Si](C)(C)C)nn2)sc1CC(COc1ccc(I)cc1F)OC. The van der Waals surface area contributed by atoms with Gasteiger partial charge >= 0.3 is 5.97 Å². The second-order valence-electron chi connectivity index (χ2n) is 12.9. The van der Waals surface area contributed by atoms with E-state index in [0.717, 1.165) is 30.2 Å². The Morgan fingerprint density at radius 1 is 1.14 bits per heavy atom. The van der Waals surface area contributed by atoms with Gasteiger partial charge in [0.05, 0.1) is 22.9 Å². The molecule has 5 rings (SSSR count). The van der Waals surface area contributed by atoms with E-state index in [1.165, 1.54) is 17.4 Å². The van der Waals surface area contributed by atoms with Crippen molar-refractivity contribution in [3.63, 3.8) is 0 Å². The molecule has 0 aliphatic carbocycles. The first kappa shape index (κ1) is 38.9. The van der Waals surface area contributed by atoms with E-state index in [1.807, 2.05) is 54.8 Å². The number of halogens is 2. The van der Waals surface area contributed by atoms with Crippen molar-refractivity contribution in [2.24, 2.45) is 4.99 Å². The van der Waals surface area contributed by atoms with Gasteiger partial charge in [-0.2, -0.15) is 4.99 Å². The van der Waals surface area contributed by atoms with Crippen molar-refractivity contribution in [3.05, 3.63) is 78.9 Å². The molecule has 2 aromatic carbocycles. The molecule has 0 aliphatic rings. The van der Waals surface area contributed by atoms with E-state index in [0.29, 0.717) is 41.4 Å². The second-order valence-corrected chi connectivity index (χ2v) is 21.9. The largest absolute Gasteiger partial charge is 0.488 e. The highest BCUT2D eigenvalue weighted by molar-refractivity contribution is 14.1. The van der Waals surface area contributed by atoms with Crippen LogP contribution in [0.5, 0.6) is 5.75 Å². The Bertz CT molecular complexity index is 2050. The monoisotopic (exact) mass is 864 g/mol. The predicted octanol–water partition coefficient (Wildman–Crippen LogP) is 8.13. The summed E-state index contributed by atoms with van der Waals surface area (Å²) >= 11 is 4.93. The third kappa shape index (κ3) is 10.2. The summed E-state index contributed by atoms with van der Waals surface area (Å²) < 4.78 is 41.2. The van der Waals surface area contributed by atoms with Gasteiger partial charge in [-0.05, 0) is 84.4 Å². The van der Waals surface area contributed by atoms with Gasteiger partial charge < -0.3 is 23.8 Å². The zero-order valence-corrected chi connectivity index (χ0v) is 34.5. The highest BCUT2D eigenvalue weighted by atomic mass is 127. The van der Waals surface area contributed by atoms with Crippen LogP contribution in [0.3, 0.4) is 0 Å². The molecule has 16 heteroatoms. The number of aromatic nitrogens is 4. The summed E-state index contributed by atoms with van der Waals surface area (Å²) in [5, 5.41) is 9.51. The molecule has 0 N–H and O–H groups in total. The van der Waals surface area contributed by atoms with Crippen LogP contribution in [0.15, 0.2) is 53.5 Å². The van der Waals surface area contributed by atoms with Gasteiger partial charge in [0, 0.05) is 43.7 Å². The van der Waals surface area contributed by atoms with Crippen molar-refractivity contribution >= 4 is 86.3 Å². The van der Waals surface area contributed by atoms with Crippen molar-refractivity contribution in [1.82, 2.24) is 19.7 Å². The fourth-order valence-electron chi connectivity index (χ4n) is 4.86. The smallest absolute Gasteiger partial charge is 0.358 e. The zero-order valence-electron chi connectivity index (χ0n) is 29.7. The number of nitrogens with zero attached hydrogens (tertiary/aromatic N) is 6. The van der Waals surface area contributed by atoms with Gasteiger partial charge in [-0.15, -0.1) is 21.5 Å². The van der Waals surface area contributed by atoms with E-state index in [2.05, 4.69) is 51.5 Å². The number of thiazole rings is 2. The first-order valence-electron chi connectivity index (χ1n) is 16.4. The normalized spacial score (nSPS) is 12.8. The van der Waals surface area contributed by atoms with Gasteiger partial charge in [0.15, 0.2) is 38.8 Å². The summed E-state index contributed by atoms with van der Waals surface area (Å²) in [4.78, 5) is 25.7. The molecule has 0 spiro atoms. The number of methoxy groups -OCH3 is 1. The molecule has 1 atom stereocenters. The third-order valence-electron chi connectivity index (χ3n) is 7.80. The number of carbonyl (C=O) groups is 1. The first-order valence-corrected chi connectivity index (χ1v) is 22.8. The van der Waals surface area contributed by atoms with Gasteiger partial charge in [0.25, 0.3) is 0 Å². The number of rotatable bonds is 16. The summed E-state index contributed by atoms with van der Waals surface area (Å²) in [7, 11) is 2.14. The van der Waals surface area contributed by atoms with Crippen LogP contribution in [0, 0.1) is 16.3 Å². The zero-order chi connectivity index (χ0) is 36.7.